The van der Waals surface area contributed by atoms with Crippen LogP contribution in [0.3, 0.4) is 0 Å². The molecule has 1 heterocycles. The number of hydrogen-bond donors (Lipinski definition) is 1. The van der Waals surface area contributed by atoms with Gasteiger partial charge in [-0.3, -0.25) is 0 Å². The number of nitrogens with one attached hydrogen (secondary N) is 1. The normalized spacial score (nSPS) is 27.8. The summed E-state index contributed by atoms with van der Waals surface area (Å²) in [6.45, 7) is 3.75. The highest BCUT2D eigenvalue weighted by Crippen LogP contribution is 2.35. The summed E-state index contributed by atoms with van der Waals surface area (Å²) in [7, 11) is -2.87. The van der Waals surface area contributed by atoms with Crippen molar-refractivity contribution >= 4 is 10.0 Å². The SMILES string of the molecule is CCC1(CC)NS1(=O)=O. The highest BCUT2D eigenvalue weighted by molar-refractivity contribution is 7.97. The third-order valence-corrected chi connectivity index (χ3v) is 4.10. The Bertz CT molecular complexity index is 203. The Labute approximate surface area is 55.5 Å². The van der Waals surface area contributed by atoms with Crippen LogP contribution in [-0.4, -0.2) is 13.3 Å². The molecule has 0 amide bonds. The molecule has 0 unspecified atom stereocenters. The zero-order valence-electron chi connectivity index (χ0n) is 5.64. The monoisotopic (exact) mass is 149 g/mol. The van der Waals surface area contributed by atoms with Gasteiger partial charge >= 0.3 is 0 Å². The predicted molar refractivity (Wildman–Crippen MR) is 35.4 cm³/mol. The van der Waals surface area contributed by atoms with Crippen molar-refractivity contribution in [3.63, 3.8) is 0 Å². The quantitative estimate of drug-likeness (QED) is 0.579. The lowest BCUT2D eigenvalue weighted by molar-refractivity contribution is 0.575. The molecule has 0 atom stereocenters. The average Bonchev–Trinajstić information content (AvgIpc) is 2.35. The summed E-state index contributed by atoms with van der Waals surface area (Å²) in [5.74, 6) is 0. The molecule has 0 aliphatic carbocycles. The lowest BCUT2D eigenvalue weighted by Gasteiger charge is -1.98. The number of hydrogen-bond acceptors (Lipinski definition) is 2. The summed E-state index contributed by atoms with van der Waals surface area (Å²) in [6.07, 6.45) is 1.34. The van der Waals surface area contributed by atoms with Gasteiger partial charge in [-0.2, -0.15) is 4.72 Å². The summed E-state index contributed by atoms with van der Waals surface area (Å²) in [4.78, 5) is -0.549. The third kappa shape index (κ3) is 0.773. The van der Waals surface area contributed by atoms with E-state index in [2.05, 4.69) is 4.72 Å². The molecular formula is C5H11NO2S. The summed E-state index contributed by atoms with van der Waals surface area (Å²) < 4.78 is 24.0. The molecule has 54 valence electrons. The van der Waals surface area contributed by atoms with E-state index in [1.165, 1.54) is 0 Å². The summed E-state index contributed by atoms with van der Waals surface area (Å²) >= 11 is 0. The van der Waals surface area contributed by atoms with Crippen LogP contribution in [0.15, 0.2) is 0 Å². The molecule has 1 saturated heterocycles. The highest BCUT2D eigenvalue weighted by Gasteiger charge is 2.57. The van der Waals surface area contributed by atoms with Crippen LogP contribution in [0.2, 0.25) is 0 Å². The van der Waals surface area contributed by atoms with E-state index in [1.54, 1.807) is 0 Å². The second-order valence-corrected chi connectivity index (χ2v) is 4.30. The maximum atomic E-state index is 10.7. The van der Waals surface area contributed by atoms with Crippen molar-refractivity contribution in [1.29, 1.82) is 0 Å². The van der Waals surface area contributed by atoms with Gasteiger partial charge in [-0.1, -0.05) is 13.8 Å². The van der Waals surface area contributed by atoms with Crippen molar-refractivity contribution in [2.45, 2.75) is 31.6 Å². The molecule has 0 aromatic heterocycles. The Kier molecular flexibility index (Phi) is 1.33. The molecule has 0 radical (unpaired) electrons. The van der Waals surface area contributed by atoms with Crippen molar-refractivity contribution in [2.24, 2.45) is 0 Å². The van der Waals surface area contributed by atoms with E-state index in [0.29, 0.717) is 12.8 Å². The fraction of sp³-hybridized carbons (Fsp3) is 1.00. The van der Waals surface area contributed by atoms with Crippen LogP contribution in [0.5, 0.6) is 0 Å². The minimum atomic E-state index is -2.87. The number of rotatable bonds is 2. The molecule has 1 fully saturated rings. The van der Waals surface area contributed by atoms with Gasteiger partial charge in [0.1, 0.15) is 4.87 Å². The van der Waals surface area contributed by atoms with Gasteiger partial charge in [-0.25, -0.2) is 8.42 Å². The predicted octanol–water partition coefficient (Wildman–Crippen LogP) is 0.436. The minimum Gasteiger partial charge on any atom is -0.210 e. The van der Waals surface area contributed by atoms with E-state index in [4.69, 9.17) is 0 Å². The molecule has 1 aliphatic rings. The molecule has 1 rings (SSSR count). The zero-order valence-corrected chi connectivity index (χ0v) is 6.46. The van der Waals surface area contributed by atoms with Crippen molar-refractivity contribution in [3.8, 4) is 0 Å². The molecule has 3 nitrogen and oxygen atoms in total. The molecule has 0 spiro atoms. The van der Waals surface area contributed by atoms with Gasteiger partial charge in [0.25, 0.3) is 0 Å². The first-order valence-corrected chi connectivity index (χ1v) is 4.60. The van der Waals surface area contributed by atoms with Crippen LogP contribution in [0.1, 0.15) is 26.7 Å². The summed E-state index contributed by atoms with van der Waals surface area (Å²) in [6, 6.07) is 0. The van der Waals surface area contributed by atoms with Crippen molar-refractivity contribution in [1.82, 2.24) is 4.72 Å². The maximum absolute atomic E-state index is 10.7. The van der Waals surface area contributed by atoms with Gasteiger partial charge in [0, 0.05) is 0 Å². The Balaban J connectivity index is 2.81. The topological polar surface area (TPSA) is 56.1 Å². The van der Waals surface area contributed by atoms with Crippen LogP contribution in [0, 0.1) is 0 Å². The fourth-order valence-corrected chi connectivity index (χ4v) is 2.70. The fourth-order valence-electron chi connectivity index (χ4n) is 0.998. The van der Waals surface area contributed by atoms with Crippen molar-refractivity contribution in [2.75, 3.05) is 0 Å². The average molecular weight is 149 g/mol. The van der Waals surface area contributed by atoms with E-state index < -0.39 is 14.9 Å². The maximum Gasteiger partial charge on any atom is 0.232 e. The minimum absolute atomic E-state index is 0.549. The van der Waals surface area contributed by atoms with Gasteiger partial charge in [0.05, 0.1) is 0 Å². The van der Waals surface area contributed by atoms with Crippen LogP contribution in [-0.2, 0) is 10.0 Å². The van der Waals surface area contributed by atoms with E-state index in [-0.39, 0.29) is 0 Å². The van der Waals surface area contributed by atoms with Gasteiger partial charge < -0.3 is 0 Å². The smallest absolute Gasteiger partial charge is 0.210 e. The molecule has 9 heavy (non-hydrogen) atoms. The Hall–Kier alpha value is -0.0900. The molecule has 1 aliphatic heterocycles. The lowest BCUT2D eigenvalue weighted by atomic mass is 10.2. The molecular weight excluding hydrogens is 138 g/mol. The standard InChI is InChI=1S/C5H11NO2S/c1-3-5(4-2)6-9(5,7)8/h6H,3-4H2,1-2H3. The third-order valence-electron chi connectivity index (χ3n) is 1.94. The van der Waals surface area contributed by atoms with E-state index in [0.717, 1.165) is 0 Å². The lowest BCUT2D eigenvalue weighted by Crippen LogP contribution is -2.11. The largest absolute Gasteiger partial charge is 0.232 e. The van der Waals surface area contributed by atoms with E-state index >= 15 is 0 Å². The molecule has 0 aromatic carbocycles. The zero-order chi connectivity index (χ0) is 7.12. The molecule has 0 saturated carbocycles. The van der Waals surface area contributed by atoms with Gasteiger partial charge in [-0.15, -0.1) is 0 Å². The van der Waals surface area contributed by atoms with E-state index in [1.807, 2.05) is 13.8 Å². The second-order valence-electron chi connectivity index (χ2n) is 2.31. The Morgan fingerprint density at radius 3 is 1.67 bits per heavy atom. The molecule has 0 aromatic rings. The summed E-state index contributed by atoms with van der Waals surface area (Å²) in [5.41, 5.74) is 0. The molecule has 0 bridgehead atoms. The number of sulfonamides is 1. The summed E-state index contributed by atoms with van der Waals surface area (Å²) in [5, 5.41) is 0. The highest BCUT2D eigenvalue weighted by atomic mass is 32.2. The van der Waals surface area contributed by atoms with Gasteiger partial charge in [0.2, 0.25) is 10.0 Å². The van der Waals surface area contributed by atoms with Crippen molar-refractivity contribution in [3.05, 3.63) is 0 Å². The van der Waals surface area contributed by atoms with Crippen LogP contribution in [0.4, 0.5) is 0 Å². The van der Waals surface area contributed by atoms with Crippen LogP contribution < -0.4 is 4.72 Å². The first kappa shape index (κ1) is 7.02. The second kappa shape index (κ2) is 1.70. The molecule has 1 N–H and O–H groups in total. The Morgan fingerprint density at radius 2 is 1.67 bits per heavy atom. The Morgan fingerprint density at radius 1 is 1.33 bits per heavy atom. The van der Waals surface area contributed by atoms with Gasteiger partial charge in [-0.05, 0) is 12.8 Å². The van der Waals surface area contributed by atoms with Crippen LogP contribution in [0.25, 0.3) is 0 Å². The van der Waals surface area contributed by atoms with Gasteiger partial charge in [0.15, 0.2) is 0 Å². The first-order valence-electron chi connectivity index (χ1n) is 3.11. The molecule has 4 heteroatoms. The van der Waals surface area contributed by atoms with Crippen LogP contribution >= 0.6 is 0 Å². The van der Waals surface area contributed by atoms with Crippen molar-refractivity contribution < 1.29 is 8.42 Å². The first-order chi connectivity index (χ1) is 4.08. The van der Waals surface area contributed by atoms with E-state index in [9.17, 15) is 8.42 Å².